The van der Waals surface area contributed by atoms with Gasteiger partial charge in [-0.15, -0.1) is 5.10 Å². The van der Waals surface area contributed by atoms with Crippen LogP contribution in [-0.2, 0) is 14.3 Å². The van der Waals surface area contributed by atoms with Crippen molar-refractivity contribution in [1.29, 1.82) is 5.26 Å². The second kappa shape index (κ2) is 10.8. The molecule has 3 aliphatic heterocycles. The first-order chi connectivity index (χ1) is 19.1. The van der Waals surface area contributed by atoms with Crippen molar-refractivity contribution < 1.29 is 19.1 Å². The summed E-state index contributed by atoms with van der Waals surface area (Å²) < 4.78 is 5.42. The Kier molecular flexibility index (Phi) is 7.46. The third-order valence-corrected chi connectivity index (χ3v) is 7.83. The number of piperazine rings is 1. The minimum atomic E-state index is -0.931. The summed E-state index contributed by atoms with van der Waals surface area (Å²) in [5.41, 5.74) is 1.12. The van der Waals surface area contributed by atoms with Gasteiger partial charge in [-0.25, -0.2) is 9.89 Å². The largest absolute Gasteiger partial charge is 0.444 e. The third-order valence-electron chi connectivity index (χ3n) is 7.83. The predicted molar refractivity (Wildman–Crippen MR) is 142 cm³/mol. The monoisotopic (exact) mass is 549 g/mol. The first-order valence-electron chi connectivity index (χ1n) is 13.7. The van der Waals surface area contributed by atoms with Gasteiger partial charge in [0.2, 0.25) is 11.8 Å². The fraction of sp³-hybridized carbons (Fsp3) is 0.593. The third kappa shape index (κ3) is 5.49. The van der Waals surface area contributed by atoms with Crippen LogP contribution in [0.25, 0.3) is 11.4 Å². The Hall–Kier alpha value is -4.05. The van der Waals surface area contributed by atoms with Crippen molar-refractivity contribution in [2.45, 2.75) is 82.8 Å². The van der Waals surface area contributed by atoms with E-state index in [9.17, 15) is 19.6 Å². The summed E-state index contributed by atoms with van der Waals surface area (Å²) in [6, 6.07) is 8.00. The van der Waals surface area contributed by atoms with E-state index in [1.165, 1.54) is 4.90 Å². The molecule has 2 aromatic rings. The zero-order chi connectivity index (χ0) is 28.6. The average molecular weight is 550 g/mol. The van der Waals surface area contributed by atoms with Crippen LogP contribution in [0, 0.1) is 11.3 Å². The molecule has 212 valence electrons. The number of nitriles is 1. The molecule has 1 aromatic heterocycles. The van der Waals surface area contributed by atoms with Crippen LogP contribution < -0.4 is 5.32 Å². The number of nitrogens with zero attached hydrogens (tertiary/aromatic N) is 7. The van der Waals surface area contributed by atoms with Gasteiger partial charge in [0.05, 0.1) is 18.2 Å². The normalized spacial score (nSPS) is 24.2. The van der Waals surface area contributed by atoms with Gasteiger partial charge < -0.3 is 19.9 Å². The van der Waals surface area contributed by atoms with Crippen LogP contribution in [0.3, 0.4) is 0 Å². The highest BCUT2D eigenvalue weighted by atomic mass is 16.6. The molecule has 3 aliphatic rings. The fourth-order valence-electron chi connectivity index (χ4n) is 5.99. The number of aromatic amines is 1. The van der Waals surface area contributed by atoms with E-state index >= 15 is 0 Å². The molecule has 2 bridgehead atoms. The molecule has 5 rings (SSSR count). The van der Waals surface area contributed by atoms with Gasteiger partial charge in [0, 0.05) is 31.2 Å². The number of carbonyl (C=O) groups is 3. The van der Waals surface area contributed by atoms with Crippen molar-refractivity contribution in [3.05, 3.63) is 29.8 Å². The van der Waals surface area contributed by atoms with Crippen LogP contribution in [0.2, 0.25) is 0 Å². The standard InChI is InChI=1S/C27H35N9O4/c1-16(17-7-9-18(10-8-17)23-30-32-33-31-23)36-20-12-22(25(36)38)34(14-20)15-21(29-26(39)40-27(2,3)4)24(37)35-11-5-6-19(35)13-28/h7-10,16,19-22H,5-6,11-12,14-15H2,1-4H3,(H,29,39)(H,30,31,32,33)/t16-,19+,20+,21+,22+/m1/s1. The molecule has 0 unspecified atom stereocenters. The quantitative estimate of drug-likeness (QED) is 0.523. The topological polar surface area (TPSA) is 160 Å². The number of H-pyrrole nitrogens is 1. The second-order valence-electron chi connectivity index (χ2n) is 11.7. The number of aromatic nitrogens is 4. The molecule has 1 aromatic carbocycles. The Morgan fingerprint density at radius 1 is 1.27 bits per heavy atom. The number of ether oxygens (including phenoxy) is 1. The lowest BCUT2D eigenvalue weighted by molar-refractivity contribution is -0.141. The Labute approximate surface area is 232 Å². The highest BCUT2D eigenvalue weighted by molar-refractivity contribution is 5.88. The fourth-order valence-corrected chi connectivity index (χ4v) is 5.99. The van der Waals surface area contributed by atoms with Crippen LogP contribution in [0.4, 0.5) is 4.79 Å². The maximum Gasteiger partial charge on any atom is 0.408 e. The zero-order valence-electron chi connectivity index (χ0n) is 23.2. The summed E-state index contributed by atoms with van der Waals surface area (Å²) in [4.78, 5) is 45.2. The second-order valence-corrected chi connectivity index (χ2v) is 11.7. The molecule has 3 fully saturated rings. The van der Waals surface area contributed by atoms with Crippen LogP contribution in [0.1, 0.15) is 58.6 Å². The molecule has 13 nitrogen and oxygen atoms in total. The molecule has 0 aliphatic carbocycles. The SMILES string of the molecule is C[C@H](c1ccc(-c2nnn[nH]2)cc1)N1C(=O)[C@@H]2C[C@H]1CN2C[C@H](NC(=O)OC(C)(C)C)C(=O)N1CCC[C@H]1C#N. The molecule has 0 spiro atoms. The number of amides is 3. The van der Waals surface area contributed by atoms with Crippen LogP contribution in [0.15, 0.2) is 24.3 Å². The van der Waals surface area contributed by atoms with Crippen molar-refractivity contribution in [1.82, 2.24) is 40.6 Å². The summed E-state index contributed by atoms with van der Waals surface area (Å²) in [5.74, 6) is 0.259. The minimum absolute atomic E-state index is 0.00630. The van der Waals surface area contributed by atoms with Crippen molar-refractivity contribution in [3.63, 3.8) is 0 Å². The minimum Gasteiger partial charge on any atom is -0.444 e. The summed E-state index contributed by atoms with van der Waals surface area (Å²) in [6.07, 6.45) is 1.30. The van der Waals surface area contributed by atoms with Gasteiger partial charge in [-0.1, -0.05) is 24.3 Å². The van der Waals surface area contributed by atoms with E-state index in [1.807, 2.05) is 41.0 Å². The van der Waals surface area contributed by atoms with Crippen LogP contribution >= 0.6 is 0 Å². The first kappa shape index (κ1) is 27.5. The summed E-state index contributed by atoms with van der Waals surface area (Å²) in [5, 5.41) is 26.1. The highest BCUT2D eigenvalue weighted by Crippen LogP contribution is 2.38. The van der Waals surface area contributed by atoms with Crippen molar-refractivity contribution in [2.75, 3.05) is 19.6 Å². The molecule has 0 radical (unpaired) electrons. The molecule has 3 saturated heterocycles. The Balaban J connectivity index is 1.27. The molecule has 2 N–H and O–H groups in total. The maximum absolute atomic E-state index is 13.6. The molecule has 3 amide bonds. The molecule has 4 heterocycles. The van der Waals surface area contributed by atoms with Crippen LogP contribution in [0.5, 0.6) is 0 Å². The first-order valence-corrected chi connectivity index (χ1v) is 13.7. The lowest BCUT2D eigenvalue weighted by atomic mass is 10.0. The van der Waals surface area contributed by atoms with E-state index in [0.29, 0.717) is 31.8 Å². The van der Waals surface area contributed by atoms with E-state index in [4.69, 9.17) is 4.74 Å². The summed E-state index contributed by atoms with van der Waals surface area (Å²) in [6.45, 7) is 8.49. The van der Waals surface area contributed by atoms with Crippen molar-refractivity contribution >= 4 is 17.9 Å². The van der Waals surface area contributed by atoms with Gasteiger partial charge >= 0.3 is 6.09 Å². The number of tetrazole rings is 1. The molecule has 13 heteroatoms. The van der Waals surface area contributed by atoms with E-state index in [1.54, 1.807) is 20.8 Å². The van der Waals surface area contributed by atoms with Gasteiger partial charge in [0.25, 0.3) is 0 Å². The maximum atomic E-state index is 13.6. The number of hydrogen-bond donors (Lipinski definition) is 2. The summed E-state index contributed by atoms with van der Waals surface area (Å²) >= 11 is 0. The van der Waals surface area contributed by atoms with Crippen molar-refractivity contribution in [3.8, 4) is 17.5 Å². The zero-order valence-corrected chi connectivity index (χ0v) is 23.2. The summed E-state index contributed by atoms with van der Waals surface area (Å²) in [7, 11) is 0. The van der Waals surface area contributed by atoms with Gasteiger partial charge in [0.15, 0.2) is 5.82 Å². The number of alkyl carbamates (subject to hydrolysis) is 1. The number of likely N-dealkylation sites (tertiary alicyclic amines) is 3. The number of fused-ring (bicyclic) bond motifs is 2. The molecule has 0 saturated carbocycles. The Bertz CT molecular complexity index is 1280. The molecular weight excluding hydrogens is 514 g/mol. The number of carbonyl (C=O) groups excluding carboxylic acids is 3. The predicted octanol–water partition coefficient (Wildman–Crippen LogP) is 1.62. The van der Waals surface area contributed by atoms with E-state index < -0.39 is 23.8 Å². The van der Waals surface area contributed by atoms with E-state index in [0.717, 1.165) is 17.5 Å². The highest BCUT2D eigenvalue weighted by Gasteiger charge is 2.52. The number of benzene rings is 1. The smallest absolute Gasteiger partial charge is 0.408 e. The lowest BCUT2D eigenvalue weighted by Gasteiger charge is -2.39. The number of rotatable bonds is 7. The molecular formula is C27H35N9O4. The van der Waals surface area contributed by atoms with Crippen molar-refractivity contribution in [2.24, 2.45) is 0 Å². The van der Waals surface area contributed by atoms with Crippen LogP contribution in [-0.4, -0.2) is 103 Å². The van der Waals surface area contributed by atoms with Gasteiger partial charge in [0.1, 0.15) is 17.7 Å². The van der Waals surface area contributed by atoms with Gasteiger partial charge in [-0.05, 0) is 62.9 Å². The Morgan fingerprint density at radius 2 is 2.02 bits per heavy atom. The number of nitrogens with one attached hydrogen (secondary N) is 2. The number of hydrogen-bond acceptors (Lipinski definition) is 9. The lowest BCUT2D eigenvalue weighted by Crippen LogP contribution is -2.59. The van der Waals surface area contributed by atoms with E-state index in [2.05, 4.69) is 32.0 Å². The molecule has 5 atom stereocenters. The van der Waals surface area contributed by atoms with Gasteiger partial charge in [-0.2, -0.15) is 5.26 Å². The van der Waals surface area contributed by atoms with Gasteiger partial charge in [-0.3, -0.25) is 14.5 Å². The Morgan fingerprint density at radius 3 is 2.65 bits per heavy atom. The van der Waals surface area contributed by atoms with E-state index in [-0.39, 0.29) is 36.5 Å². The molecule has 40 heavy (non-hydrogen) atoms. The average Bonchev–Trinajstić information content (AvgIpc) is 3.71.